The summed E-state index contributed by atoms with van der Waals surface area (Å²) in [5, 5.41) is 8.36. The molecule has 0 aliphatic carbocycles. The summed E-state index contributed by atoms with van der Waals surface area (Å²) in [4.78, 5) is 11.7. The Morgan fingerprint density at radius 1 is 1.09 bits per heavy atom. The quantitative estimate of drug-likeness (QED) is 0.327. The first-order valence-electron chi connectivity index (χ1n) is 10.5. The third kappa shape index (κ3) is 5.36. The Balaban J connectivity index is 1.44. The fourth-order valence-electron chi connectivity index (χ4n) is 3.65. The Morgan fingerprint density at radius 3 is 2.38 bits per heavy atom. The van der Waals surface area contributed by atoms with E-state index in [1.165, 1.54) is 25.3 Å². The van der Waals surface area contributed by atoms with Crippen LogP contribution in [0.2, 0.25) is 0 Å². The van der Waals surface area contributed by atoms with Crippen LogP contribution >= 0.6 is 0 Å². The lowest BCUT2D eigenvalue weighted by atomic mass is 9.91. The standard InChI is InChI=1S/C25H22F3N3O3/c1-16(32)13-22(23-11-12-34-30-23)17-5-9-21(10-6-17)33-15-20-14-24(29-31(20)2)18-3-7-19(8-4-18)25(26,27)28/h3-12,14,22H,13,15H2,1-2H3/t22-/m0/s1. The van der Waals surface area contributed by atoms with E-state index in [2.05, 4.69) is 10.3 Å². The molecule has 0 saturated heterocycles. The van der Waals surface area contributed by atoms with E-state index in [9.17, 15) is 18.0 Å². The molecule has 2 aromatic carbocycles. The van der Waals surface area contributed by atoms with Gasteiger partial charge in [0.1, 0.15) is 24.4 Å². The first kappa shape index (κ1) is 23.3. The van der Waals surface area contributed by atoms with Crippen LogP contribution in [0.25, 0.3) is 11.3 Å². The number of aromatic nitrogens is 3. The molecule has 0 amide bonds. The van der Waals surface area contributed by atoms with Crippen molar-refractivity contribution in [1.29, 1.82) is 0 Å². The van der Waals surface area contributed by atoms with Crippen molar-refractivity contribution in [2.24, 2.45) is 7.05 Å². The van der Waals surface area contributed by atoms with Gasteiger partial charge in [-0.15, -0.1) is 0 Å². The van der Waals surface area contributed by atoms with Gasteiger partial charge in [0.25, 0.3) is 0 Å². The number of aryl methyl sites for hydroxylation is 1. The summed E-state index contributed by atoms with van der Waals surface area (Å²) in [5.41, 5.74) is 2.81. The van der Waals surface area contributed by atoms with E-state index >= 15 is 0 Å². The van der Waals surface area contributed by atoms with Crippen LogP contribution in [-0.4, -0.2) is 20.7 Å². The highest BCUT2D eigenvalue weighted by atomic mass is 19.4. The van der Waals surface area contributed by atoms with E-state index in [0.29, 0.717) is 29.1 Å². The second-order valence-electron chi connectivity index (χ2n) is 7.96. The first-order chi connectivity index (χ1) is 16.2. The minimum Gasteiger partial charge on any atom is -0.487 e. The number of carbonyl (C=O) groups excluding carboxylic acids is 1. The summed E-state index contributed by atoms with van der Waals surface area (Å²) in [6.45, 7) is 1.76. The van der Waals surface area contributed by atoms with Gasteiger partial charge in [0.05, 0.1) is 22.6 Å². The molecule has 0 spiro atoms. The van der Waals surface area contributed by atoms with Crippen LogP contribution in [0, 0.1) is 0 Å². The smallest absolute Gasteiger partial charge is 0.416 e. The third-order valence-corrected chi connectivity index (χ3v) is 5.46. The Bertz CT molecular complexity index is 1250. The van der Waals surface area contributed by atoms with Gasteiger partial charge in [-0.1, -0.05) is 29.4 Å². The Morgan fingerprint density at radius 2 is 1.79 bits per heavy atom. The monoisotopic (exact) mass is 469 g/mol. The van der Waals surface area contributed by atoms with Gasteiger partial charge in [-0.05, 0) is 42.8 Å². The van der Waals surface area contributed by atoms with Crippen LogP contribution in [-0.2, 0) is 24.6 Å². The van der Waals surface area contributed by atoms with E-state index in [1.54, 1.807) is 23.9 Å². The molecule has 0 aliphatic rings. The van der Waals surface area contributed by atoms with Crippen molar-refractivity contribution in [3.8, 4) is 17.0 Å². The van der Waals surface area contributed by atoms with Gasteiger partial charge in [0.15, 0.2) is 0 Å². The molecule has 0 saturated carbocycles. The van der Waals surface area contributed by atoms with Gasteiger partial charge in [-0.3, -0.25) is 9.48 Å². The number of carbonyl (C=O) groups is 1. The average molecular weight is 469 g/mol. The van der Waals surface area contributed by atoms with Crippen molar-refractivity contribution >= 4 is 5.78 Å². The molecule has 0 fully saturated rings. The molecule has 176 valence electrons. The number of hydrogen-bond acceptors (Lipinski definition) is 5. The molecule has 6 nitrogen and oxygen atoms in total. The SMILES string of the molecule is CC(=O)C[C@@H](c1ccc(OCc2cc(-c3ccc(C(F)(F)F)cc3)nn2C)cc1)c1ccon1. The highest BCUT2D eigenvalue weighted by Gasteiger charge is 2.30. The van der Waals surface area contributed by atoms with E-state index in [4.69, 9.17) is 9.26 Å². The summed E-state index contributed by atoms with van der Waals surface area (Å²) in [6.07, 6.45) is -2.58. The third-order valence-electron chi connectivity index (χ3n) is 5.46. The topological polar surface area (TPSA) is 70.2 Å². The second kappa shape index (κ2) is 9.54. The second-order valence-corrected chi connectivity index (χ2v) is 7.96. The first-order valence-corrected chi connectivity index (χ1v) is 10.5. The largest absolute Gasteiger partial charge is 0.487 e. The number of nitrogens with zero attached hydrogens (tertiary/aromatic N) is 3. The number of benzene rings is 2. The molecule has 2 aromatic heterocycles. The van der Waals surface area contributed by atoms with Crippen LogP contribution in [0.4, 0.5) is 13.2 Å². The summed E-state index contributed by atoms with van der Waals surface area (Å²) in [6, 6.07) is 15.8. The molecule has 34 heavy (non-hydrogen) atoms. The zero-order valence-corrected chi connectivity index (χ0v) is 18.5. The van der Waals surface area contributed by atoms with Gasteiger partial charge < -0.3 is 9.26 Å². The average Bonchev–Trinajstić information content (AvgIpc) is 3.46. The fourth-order valence-corrected chi connectivity index (χ4v) is 3.65. The van der Waals surface area contributed by atoms with Gasteiger partial charge in [-0.2, -0.15) is 18.3 Å². The molecule has 0 unspecified atom stereocenters. The van der Waals surface area contributed by atoms with Crippen LogP contribution in [0.5, 0.6) is 5.75 Å². The maximum absolute atomic E-state index is 12.8. The fraction of sp³-hybridized carbons (Fsp3) is 0.240. The van der Waals surface area contributed by atoms with E-state index in [-0.39, 0.29) is 18.3 Å². The Labute approximate surface area is 194 Å². The number of Topliss-reactive ketones (excluding diaryl/α,β-unsaturated/α-hetero) is 1. The zero-order chi connectivity index (χ0) is 24.3. The van der Waals surface area contributed by atoms with Gasteiger partial charge in [0, 0.05) is 31.0 Å². The molecule has 1 atom stereocenters. The molecule has 0 radical (unpaired) electrons. The number of ether oxygens (including phenoxy) is 1. The number of rotatable bonds is 8. The zero-order valence-electron chi connectivity index (χ0n) is 18.5. The minimum atomic E-state index is -4.38. The van der Waals surface area contributed by atoms with E-state index in [1.807, 2.05) is 24.3 Å². The predicted molar refractivity (Wildman–Crippen MR) is 118 cm³/mol. The van der Waals surface area contributed by atoms with E-state index in [0.717, 1.165) is 23.4 Å². The van der Waals surface area contributed by atoms with Crippen molar-refractivity contribution in [2.75, 3.05) is 0 Å². The molecular formula is C25H22F3N3O3. The normalized spacial score (nSPS) is 12.5. The summed E-state index contributed by atoms with van der Waals surface area (Å²) in [5.74, 6) is 0.477. The number of hydrogen-bond donors (Lipinski definition) is 0. The molecule has 0 bridgehead atoms. The molecule has 4 aromatic rings. The lowest BCUT2D eigenvalue weighted by molar-refractivity contribution is -0.137. The maximum Gasteiger partial charge on any atom is 0.416 e. The number of ketones is 1. The predicted octanol–water partition coefficient (Wildman–Crippen LogP) is 5.78. The van der Waals surface area contributed by atoms with Crippen LogP contribution in [0.1, 0.15) is 41.8 Å². The van der Waals surface area contributed by atoms with E-state index < -0.39 is 11.7 Å². The Kier molecular flexibility index (Phi) is 6.54. The molecule has 9 heteroatoms. The van der Waals surface area contributed by atoms with Crippen molar-refractivity contribution in [3.05, 3.63) is 89.4 Å². The van der Waals surface area contributed by atoms with Crippen molar-refractivity contribution in [1.82, 2.24) is 14.9 Å². The number of halogens is 3. The van der Waals surface area contributed by atoms with Crippen LogP contribution < -0.4 is 4.74 Å². The van der Waals surface area contributed by atoms with Gasteiger partial charge in [-0.25, -0.2) is 0 Å². The lowest BCUT2D eigenvalue weighted by Crippen LogP contribution is -2.07. The van der Waals surface area contributed by atoms with Gasteiger partial charge in [0.2, 0.25) is 0 Å². The van der Waals surface area contributed by atoms with Crippen molar-refractivity contribution in [3.63, 3.8) is 0 Å². The molecule has 2 heterocycles. The maximum atomic E-state index is 12.8. The summed E-state index contributed by atoms with van der Waals surface area (Å²) in [7, 11) is 1.75. The minimum absolute atomic E-state index is 0.0494. The highest BCUT2D eigenvalue weighted by Crippen LogP contribution is 2.31. The Hall–Kier alpha value is -3.88. The van der Waals surface area contributed by atoms with Crippen molar-refractivity contribution in [2.45, 2.75) is 32.0 Å². The van der Waals surface area contributed by atoms with Crippen molar-refractivity contribution < 1.29 is 27.2 Å². The summed E-state index contributed by atoms with van der Waals surface area (Å²) >= 11 is 0. The molecule has 0 aliphatic heterocycles. The molecule has 4 rings (SSSR count). The number of alkyl halides is 3. The summed E-state index contributed by atoms with van der Waals surface area (Å²) < 4.78 is 50.8. The van der Waals surface area contributed by atoms with Crippen LogP contribution in [0.3, 0.4) is 0 Å². The molecule has 0 N–H and O–H groups in total. The molecular weight excluding hydrogens is 447 g/mol. The highest BCUT2D eigenvalue weighted by molar-refractivity contribution is 5.77. The lowest BCUT2D eigenvalue weighted by Gasteiger charge is -2.14. The van der Waals surface area contributed by atoms with Crippen LogP contribution in [0.15, 0.2) is 71.4 Å². The van der Waals surface area contributed by atoms with Gasteiger partial charge >= 0.3 is 6.18 Å².